The van der Waals surface area contributed by atoms with Crippen molar-refractivity contribution in [3.8, 4) is 0 Å². The number of sulfone groups is 1. The Balaban J connectivity index is 2.74. The van der Waals surface area contributed by atoms with E-state index < -0.39 is 29.7 Å². The zero-order valence-electron chi connectivity index (χ0n) is 10.5. The molecular weight excluding hydrogens is 336 g/mol. The molecule has 0 spiro atoms. The maximum Gasteiger partial charge on any atom is 0.239 e. The highest BCUT2D eigenvalue weighted by atomic mass is 35.5. The van der Waals surface area contributed by atoms with Crippen molar-refractivity contribution >= 4 is 37.1 Å². The molecular formula is C12H11ClN2O4S2. The number of hydrogen-bond acceptors (Lipinski definition) is 5. The summed E-state index contributed by atoms with van der Waals surface area (Å²) in [6, 6.07) is 8.81. The first kappa shape index (κ1) is 15.8. The summed E-state index contributed by atoms with van der Waals surface area (Å²) in [5.41, 5.74) is 5.75. The number of nitrogens with two attached hydrogens (primary N) is 2. The van der Waals surface area contributed by atoms with Crippen LogP contribution in [0.2, 0.25) is 5.02 Å². The zero-order chi connectivity index (χ0) is 15.8. The summed E-state index contributed by atoms with van der Waals surface area (Å²) in [4.78, 5) is -1.05. The van der Waals surface area contributed by atoms with Crippen molar-refractivity contribution in [3.63, 3.8) is 0 Å². The van der Waals surface area contributed by atoms with E-state index in [4.69, 9.17) is 22.5 Å². The molecule has 6 nitrogen and oxygen atoms in total. The summed E-state index contributed by atoms with van der Waals surface area (Å²) in [5.74, 6) is 0. The van der Waals surface area contributed by atoms with Crippen LogP contribution in [0, 0.1) is 0 Å². The normalized spacial score (nSPS) is 12.3. The second kappa shape index (κ2) is 5.30. The first-order chi connectivity index (χ1) is 9.64. The molecule has 0 heterocycles. The van der Waals surface area contributed by atoms with E-state index in [9.17, 15) is 16.8 Å². The second-order valence-corrected chi connectivity index (χ2v) is 8.03. The van der Waals surface area contributed by atoms with E-state index in [0.717, 1.165) is 12.1 Å². The average Bonchev–Trinajstić information content (AvgIpc) is 2.41. The third-order valence-electron chi connectivity index (χ3n) is 2.73. The number of sulfonamides is 1. The largest absolute Gasteiger partial charge is 0.398 e. The summed E-state index contributed by atoms with van der Waals surface area (Å²) in [6.07, 6.45) is 0. The maximum absolute atomic E-state index is 12.5. The lowest BCUT2D eigenvalue weighted by atomic mass is 10.3. The molecule has 0 bridgehead atoms. The van der Waals surface area contributed by atoms with E-state index in [1.54, 1.807) is 0 Å². The Labute approximate surface area is 127 Å². The molecule has 0 aliphatic carbocycles. The van der Waals surface area contributed by atoms with Crippen LogP contribution in [0.5, 0.6) is 0 Å². The molecule has 0 aliphatic heterocycles. The third-order valence-corrected chi connectivity index (χ3v) is 5.96. The lowest BCUT2D eigenvalue weighted by molar-refractivity contribution is 0.583. The molecule has 112 valence electrons. The van der Waals surface area contributed by atoms with Crippen LogP contribution < -0.4 is 10.9 Å². The molecule has 21 heavy (non-hydrogen) atoms. The van der Waals surface area contributed by atoms with Crippen LogP contribution in [0.1, 0.15) is 0 Å². The van der Waals surface area contributed by atoms with E-state index in [2.05, 4.69) is 0 Å². The first-order valence-corrected chi connectivity index (χ1v) is 8.97. The number of hydrogen-bond donors (Lipinski definition) is 2. The van der Waals surface area contributed by atoms with Gasteiger partial charge in [-0.1, -0.05) is 23.7 Å². The predicted molar refractivity (Wildman–Crippen MR) is 79.1 cm³/mol. The highest BCUT2D eigenvalue weighted by Crippen LogP contribution is 2.29. The van der Waals surface area contributed by atoms with Crippen molar-refractivity contribution in [1.29, 1.82) is 0 Å². The first-order valence-electron chi connectivity index (χ1n) is 5.56. The molecule has 0 amide bonds. The molecule has 0 radical (unpaired) electrons. The number of rotatable bonds is 3. The summed E-state index contributed by atoms with van der Waals surface area (Å²) in [6.45, 7) is 0. The van der Waals surface area contributed by atoms with Gasteiger partial charge in [-0.05, 0) is 30.3 Å². The molecule has 0 saturated heterocycles. The van der Waals surface area contributed by atoms with Gasteiger partial charge in [0.1, 0.15) is 4.90 Å². The number of primary sulfonamides is 1. The standard InChI is InChI=1S/C12H11ClN2O4S2/c13-9-7-8(5-6-10(9)14)20(16,17)11-3-1-2-4-12(11)21(15,18)19/h1-7H,14H2,(H2,15,18,19). The Morgan fingerprint density at radius 3 is 2.00 bits per heavy atom. The lowest BCUT2D eigenvalue weighted by Gasteiger charge is -2.10. The van der Waals surface area contributed by atoms with Crippen molar-refractivity contribution in [1.82, 2.24) is 0 Å². The fourth-order valence-corrected chi connectivity index (χ4v) is 4.61. The van der Waals surface area contributed by atoms with Gasteiger partial charge in [-0.3, -0.25) is 0 Å². The molecule has 0 atom stereocenters. The van der Waals surface area contributed by atoms with Gasteiger partial charge in [0.2, 0.25) is 19.9 Å². The fraction of sp³-hybridized carbons (Fsp3) is 0. The molecule has 2 aromatic rings. The third kappa shape index (κ3) is 3.03. The van der Waals surface area contributed by atoms with Gasteiger partial charge in [0, 0.05) is 0 Å². The van der Waals surface area contributed by atoms with Crippen LogP contribution in [0.15, 0.2) is 57.2 Å². The number of anilines is 1. The van der Waals surface area contributed by atoms with Gasteiger partial charge in [0.15, 0.2) is 0 Å². The van der Waals surface area contributed by atoms with E-state index in [1.807, 2.05) is 0 Å². The zero-order valence-corrected chi connectivity index (χ0v) is 12.9. The topological polar surface area (TPSA) is 120 Å². The Morgan fingerprint density at radius 2 is 1.48 bits per heavy atom. The highest BCUT2D eigenvalue weighted by Gasteiger charge is 2.26. The van der Waals surface area contributed by atoms with Crippen molar-refractivity contribution in [2.75, 3.05) is 5.73 Å². The summed E-state index contributed by atoms with van der Waals surface area (Å²) >= 11 is 5.80. The number of halogens is 1. The summed E-state index contributed by atoms with van der Waals surface area (Å²) in [7, 11) is -8.27. The molecule has 0 fully saturated rings. The van der Waals surface area contributed by atoms with Gasteiger partial charge in [-0.15, -0.1) is 0 Å². The van der Waals surface area contributed by atoms with Gasteiger partial charge in [0.25, 0.3) is 0 Å². The van der Waals surface area contributed by atoms with Crippen molar-refractivity contribution in [3.05, 3.63) is 47.5 Å². The van der Waals surface area contributed by atoms with Gasteiger partial charge < -0.3 is 5.73 Å². The molecule has 0 saturated carbocycles. The Kier molecular flexibility index (Phi) is 3.98. The van der Waals surface area contributed by atoms with E-state index in [-0.39, 0.29) is 15.6 Å². The van der Waals surface area contributed by atoms with Crippen LogP contribution in [0.3, 0.4) is 0 Å². The molecule has 9 heteroatoms. The van der Waals surface area contributed by atoms with Crippen molar-refractivity contribution in [2.24, 2.45) is 5.14 Å². The van der Waals surface area contributed by atoms with Crippen LogP contribution in [0.25, 0.3) is 0 Å². The quantitative estimate of drug-likeness (QED) is 0.814. The van der Waals surface area contributed by atoms with E-state index >= 15 is 0 Å². The molecule has 0 unspecified atom stereocenters. The maximum atomic E-state index is 12.5. The average molecular weight is 347 g/mol. The smallest absolute Gasteiger partial charge is 0.239 e. The highest BCUT2D eigenvalue weighted by molar-refractivity contribution is 7.93. The summed E-state index contributed by atoms with van der Waals surface area (Å²) < 4.78 is 48.1. The molecule has 0 aliphatic rings. The van der Waals surface area contributed by atoms with Crippen LogP contribution in [0.4, 0.5) is 5.69 Å². The summed E-state index contributed by atoms with van der Waals surface area (Å²) in [5, 5.41) is 5.11. The van der Waals surface area contributed by atoms with Crippen LogP contribution in [-0.2, 0) is 19.9 Å². The predicted octanol–water partition coefficient (Wildman–Crippen LogP) is 1.40. The minimum absolute atomic E-state index is 0.0594. The lowest BCUT2D eigenvalue weighted by Crippen LogP contribution is -2.16. The molecule has 2 rings (SSSR count). The van der Waals surface area contributed by atoms with Crippen LogP contribution >= 0.6 is 11.6 Å². The minimum atomic E-state index is -4.18. The van der Waals surface area contributed by atoms with Crippen molar-refractivity contribution in [2.45, 2.75) is 14.7 Å². The van der Waals surface area contributed by atoms with Gasteiger partial charge in [-0.25, -0.2) is 22.0 Å². The van der Waals surface area contributed by atoms with Gasteiger partial charge in [0.05, 0.1) is 20.5 Å². The molecule has 4 N–H and O–H groups in total. The number of nitrogen functional groups attached to an aromatic ring is 1. The van der Waals surface area contributed by atoms with E-state index in [0.29, 0.717) is 0 Å². The molecule has 0 aromatic heterocycles. The minimum Gasteiger partial charge on any atom is -0.398 e. The molecule has 2 aromatic carbocycles. The van der Waals surface area contributed by atoms with E-state index in [1.165, 1.54) is 30.3 Å². The monoisotopic (exact) mass is 346 g/mol. The SMILES string of the molecule is Nc1ccc(S(=O)(=O)c2ccccc2S(N)(=O)=O)cc1Cl. The Morgan fingerprint density at radius 1 is 0.905 bits per heavy atom. The second-order valence-electron chi connectivity index (χ2n) is 4.18. The fourth-order valence-electron chi connectivity index (χ4n) is 1.71. The Hall–Kier alpha value is -1.61. The van der Waals surface area contributed by atoms with Crippen LogP contribution in [-0.4, -0.2) is 16.8 Å². The van der Waals surface area contributed by atoms with Crippen molar-refractivity contribution < 1.29 is 16.8 Å². The van der Waals surface area contributed by atoms with Gasteiger partial charge >= 0.3 is 0 Å². The van der Waals surface area contributed by atoms with Gasteiger partial charge in [-0.2, -0.15) is 0 Å². The number of benzene rings is 2. The Bertz CT molecular complexity index is 909.